The van der Waals surface area contributed by atoms with E-state index in [1.807, 2.05) is 0 Å². The van der Waals surface area contributed by atoms with Crippen LogP contribution < -0.4 is 4.74 Å². The van der Waals surface area contributed by atoms with E-state index in [0.29, 0.717) is 10.2 Å². The standard InChI is InChI=1S/C6H4Br2O3S/c1-11-3-2(7)5(8)12-4(3)6(9)10/h1H3,(H,9,10). The third-order valence-corrected chi connectivity index (χ3v) is 4.55. The van der Waals surface area contributed by atoms with Crippen LogP contribution in [0.2, 0.25) is 0 Å². The fourth-order valence-corrected chi connectivity index (χ4v) is 2.82. The van der Waals surface area contributed by atoms with Crippen LogP contribution in [-0.2, 0) is 0 Å². The van der Waals surface area contributed by atoms with E-state index in [0.717, 1.165) is 15.1 Å². The number of carboxylic acids is 1. The number of carbonyl (C=O) groups is 1. The Morgan fingerprint density at radius 1 is 1.58 bits per heavy atom. The van der Waals surface area contributed by atoms with Gasteiger partial charge in [0.1, 0.15) is 0 Å². The SMILES string of the molecule is COc1c(C(=O)O)sc(Br)c1Br. The highest BCUT2D eigenvalue weighted by atomic mass is 79.9. The first-order valence-electron chi connectivity index (χ1n) is 2.83. The minimum Gasteiger partial charge on any atom is -0.494 e. The van der Waals surface area contributed by atoms with Crippen molar-refractivity contribution in [2.45, 2.75) is 0 Å². The van der Waals surface area contributed by atoms with E-state index >= 15 is 0 Å². The summed E-state index contributed by atoms with van der Waals surface area (Å²) < 4.78 is 6.28. The molecule has 0 spiro atoms. The fraction of sp³-hybridized carbons (Fsp3) is 0.167. The van der Waals surface area contributed by atoms with Gasteiger partial charge in [0.2, 0.25) is 0 Å². The molecule has 0 saturated carbocycles. The highest BCUT2D eigenvalue weighted by Crippen LogP contribution is 2.42. The Labute approximate surface area is 89.6 Å². The second-order valence-corrected chi connectivity index (χ2v) is 4.99. The normalized spacial score (nSPS) is 9.92. The summed E-state index contributed by atoms with van der Waals surface area (Å²) in [6.45, 7) is 0. The topological polar surface area (TPSA) is 46.5 Å². The van der Waals surface area contributed by atoms with Crippen LogP contribution in [0.15, 0.2) is 8.26 Å². The Bertz CT molecular complexity index is 321. The van der Waals surface area contributed by atoms with Gasteiger partial charge in [0.15, 0.2) is 10.6 Å². The van der Waals surface area contributed by atoms with Crippen LogP contribution in [0, 0.1) is 0 Å². The molecule has 6 heteroatoms. The van der Waals surface area contributed by atoms with Gasteiger partial charge in [0, 0.05) is 0 Å². The first kappa shape index (κ1) is 10.0. The summed E-state index contributed by atoms with van der Waals surface area (Å²) in [4.78, 5) is 10.8. The van der Waals surface area contributed by atoms with E-state index in [9.17, 15) is 4.79 Å². The molecule has 0 bridgehead atoms. The zero-order chi connectivity index (χ0) is 9.30. The smallest absolute Gasteiger partial charge is 0.349 e. The summed E-state index contributed by atoms with van der Waals surface area (Å²) in [5.41, 5.74) is 0. The minimum atomic E-state index is -0.983. The molecule has 0 aliphatic rings. The lowest BCUT2D eigenvalue weighted by Crippen LogP contribution is -1.95. The second-order valence-electron chi connectivity index (χ2n) is 1.86. The van der Waals surface area contributed by atoms with Crippen LogP contribution in [0.1, 0.15) is 9.67 Å². The summed E-state index contributed by atoms with van der Waals surface area (Å²) in [5.74, 6) is -0.623. The lowest BCUT2D eigenvalue weighted by Gasteiger charge is -1.97. The molecule has 0 amide bonds. The van der Waals surface area contributed by atoms with Crippen LogP contribution in [0.5, 0.6) is 5.75 Å². The number of aromatic carboxylic acids is 1. The maximum absolute atomic E-state index is 10.6. The monoisotopic (exact) mass is 314 g/mol. The average molecular weight is 316 g/mol. The number of carboxylic acid groups (broad SMARTS) is 1. The van der Waals surface area contributed by atoms with Gasteiger partial charge in [-0.25, -0.2) is 4.79 Å². The van der Waals surface area contributed by atoms with E-state index in [4.69, 9.17) is 9.84 Å². The Morgan fingerprint density at radius 3 is 2.50 bits per heavy atom. The maximum Gasteiger partial charge on any atom is 0.349 e. The van der Waals surface area contributed by atoms with E-state index in [-0.39, 0.29) is 4.88 Å². The molecule has 0 aliphatic carbocycles. The van der Waals surface area contributed by atoms with Gasteiger partial charge in [0.25, 0.3) is 0 Å². The number of thiophene rings is 1. The minimum absolute atomic E-state index is 0.191. The molecule has 0 aromatic carbocycles. The molecule has 0 aliphatic heterocycles. The molecular formula is C6H4Br2O3S. The molecule has 0 fully saturated rings. The van der Waals surface area contributed by atoms with Crippen molar-refractivity contribution < 1.29 is 14.6 Å². The highest BCUT2D eigenvalue weighted by Gasteiger charge is 2.20. The van der Waals surface area contributed by atoms with Crippen molar-refractivity contribution in [1.82, 2.24) is 0 Å². The number of hydrogen-bond acceptors (Lipinski definition) is 3. The van der Waals surface area contributed by atoms with Crippen molar-refractivity contribution in [3.8, 4) is 5.75 Å². The lowest BCUT2D eigenvalue weighted by atomic mass is 10.4. The molecule has 3 nitrogen and oxygen atoms in total. The summed E-state index contributed by atoms with van der Waals surface area (Å²) in [6.07, 6.45) is 0. The molecule has 1 aromatic rings. The molecule has 1 rings (SSSR count). The van der Waals surface area contributed by atoms with Gasteiger partial charge in [-0.15, -0.1) is 11.3 Å². The van der Waals surface area contributed by atoms with E-state index in [1.54, 1.807) is 0 Å². The molecule has 1 heterocycles. The molecule has 0 unspecified atom stereocenters. The third kappa shape index (κ3) is 1.65. The van der Waals surface area contributed by atoms with Gasteiger partial charge in [-0.1, -0.05) is 0 Å². The van der Waals surface area contributed by atoms with E-state index in [1.165, 1.54) is 7.11 Å². The number of rotatable bonds is 2. The third-order valence-electron chi connectivity index (χ3n) is 1.17. The van der Waals surface area contributed by atoms with E-state index in [2.05, 4.69) is 31.9 Å². The molecule has 12 heavy (non-hydrogen) atoms. The highest BCUT2D eigenvalue weighted by molar-refractivity contribution is 9.13. The van der Waals surface area contributed by atoms with Gasteiger partial charge in [-0.2, -0.15) is 0 Å². The number of halogens is 2. The fourth-order valence-electron chi connectivity index (χ4n) is 0.693. The molecule has 66 valence electrons. The van der Waals surface area contributed by atoms with Gasteiger partial charge < -0.3 is 9.84 Å². The Balaban J connectivity index is 3.29. The molecule has 0 atom stereocenters. The van der Waals surface area contributed by atoms with Gasteiger partial charge in [0.05, 0.1) is 15.4 Å². The molecule has 0 saturated heterocycles. The number of hydrogen-bond donors (Lipinski definition) is 1. The van der Waals surface area contributed by atoms with E-state index < -0.39 is 5.97 Å². The van der Waals surface area contributed by atoms with Crippen LogP contribution >= 0.6 is 43.2 Å². The molecule has 1 N–H and O–H groups in total. The Hall–Kier alpha value is -0.0700. The average Bonchev–Trinajstić information content (AvgIpc) is 2.29. The largest absolute Gasteiger partial charge is 0.494 e. The first-order valence-corrected chi connectivity index (χ1v) is 5.23. The maximum atomic E-state index is 10.6. The van der Waals surface area contributed by atoms with Crippen molar-refractivity contribution in [3.05, 3.63) is 13.1 Å². The lowest BCUT2D eigenvalue weighted by molar-refractivity contribution is 0.0699. The van der Waals surface area contributed by atoms with Crippen LogP contribution in [0.4, 0.5) is 0 Å². The van der Waals surface area contributed by atoms with Crippen LogP contribution in [0.25, 0.3) is 0 Å². The predicted molar refractivity (Wildman–Crippen MR) is 53.2 cm³/mol. The van der Waals surface area contributed by atoms with Crippen LogP contribution in [-0.4, -0.2) is 18.2 Å². The number of methoxy groups -OCH3 is 1. The zero-order valence-corrected chi connectivity index (χ0v) is 9.92. The second kappa shape index (κ2) is 3.76. The van der Waals surface area contributed by atoms with Gasteiger partial charge >= 0.3 is 5.97 Å². The van der Waals surface area contributed by atoms with Crippen LogP contribution in [0.3, 0.4) is 0 Å². The summed E-state index contributed by atoms with van der Waals surface area (Å²) in [7, 11) is 1.44. The van der Waals surface area contributed by atoms with Gasteiger partial charge in [-0.05, 0) is 31.9 Å². The quantitative estimate of drug-likeness (QED) is 0.912. The molecular weight excluding hydrogens is 312 g/mol. The summed E-state index contributed by atoms with van der Waals surface area (Å²) in [6, 6.07) is 0. The van der Waals surface area contributed by atoms with Crippen molar-refractivity contribution >= 4 is 49.2 Å². The Morgan fingerprint density at radius 2 is 2.17 bits per heavy atom. The van der Waals surface area contributed by atoms with Crippen molar-refractivity contribution in [2.75, 3.05) is 7.11 Å². The van der Waals surface area contributed by atoms with Crippen molar-refractivity contribution in [2.24, 2.45) is 0 Å². The molecule has 0 radical (unpaired) electrons. The Kier molecular flexibility index (Phi) is 3.14. The number of ether oxygens (including phenoxy) is 1. The molecule has 1 aromatic heterocycles. The van der Waals surface area contributed by atoms with Crippen molar-refractivity contribution in [1.29, 1.82) is 0 Å². The zero-order valence-electron chi connectivity index (χ0n) is 5.93. The van der Waals surface area contributed by atoms with Crippen molar-refractivity contribution in [3.63, 3.8) is 0 Å². The first-order chi connectivity index (χ1) is 5.57. The summed E-state index contributed by atoms with van der Waals surface area (Å²) >= 11 is 7.53. The summed E-state index contributed by atoms with van der Waals surface area (Å²) in [5, 5.41) is 8.72. The van der Waals surface area contributed by atoms with Gasteiger partial charge in [-0.3, -0.25) is 0 Å². The predicted octanol–water partition coefficient (Wildman–Crippen LogP) is 2.98.